The van der Waals surface area contributed by atoms with Crippen LogP contribution in [0.3, 0.4) is 0 Å². The molecule has 0 saturated carbocycles. The summed E-state index contributed by atoms with van der Waals surface area (Å²) in [6.45, 7) is 2.94. The van der Waals surface area contributed by atoms with E-state index < -0.39 is 0 Å². The van der Waals surface area contributed by atoms with Crippen LogP contribution in [0.2, 0.25) is 0 Å². The number of hydrogen-bond acceptors (Lipinski definition) is 1. The molecule has 1 aromatic carbocycles. The second kappa shape index (κ2) is 3.52. The summed E-state index contributed by atoms with van der Waals surface area (Å²) in [5.74, 6) is 0. The van der Waals surface area contributed by atoms with Gasteiger partial charge < -0.3 is 4.57 Å². The van der Waals surface area contributed by atoms with Gasteiger partial charge in [0.2, 0.25) is 0 Å². The van der Waals surface area contributed by atoms with Crippen LogP contribution in [0.25, 0.3) is 10.9 Å². The number of fused-ring (bicyclic) bond motifs is 1. The zero-order valence-electron chi connectivity index (χ0n) is 9.07. The Morgan fingerprint density at radius 2 is 2.38 bits per heavy atom. The van der Waals surface area contributed by atoms with E-state index in [9.17, 15) is 0 Å². The molecule has 0 saturated heterocycles. The number of aryl methyl sites for hydroxylation is 1. The fourth-order valence-electron chi connectivity index (χ4n) is 1.89. The molecule has 0 amide bonds. The van der Waals surface area contributed by atoms with Crippen LogP contribution in [-0.2, 0) is 6.54 Å². The Labute approximate surface area is 93.7 Å². The van der Waals surface area contributed by atoms with E-state index >= 15 is 0 Å². The minimum absolute atomic E-state index is 0.879. The Balaban J connectivity index is 1.97. The second-order valence-electron chi connectivity index (χ2n) is 3.96. The van der Waals surface area contributed by atoms with E-state index in [1.807, 2.05) is 18.5 Å². The van der Waals surface area contributed by atoms with Crippen LogP contribution in [0.4, 0.5) is 0 Å². The van der Waals surface area contributed by atoms with Crippen molar-refractivity contribution in [2.24, 2.45) is 0 Å². The van der Waals surface area contributed by atoms with Crippen molar-refractivity contribution in [3.05, 3.63) is 54.0 Å². The smallest absolute Gasteiger partial charge is 0.0653 e. The van der Waals surface area contributed by atoms with Crippen molar-refractivity contribution >= 4 is 10.9 Å². The average molecular weight is 210 g/mol. The predicted molar refractivity (Wildman–Crippen MR) is 63.2 cm³/mol. The molecule has 0 aliphatic heterocycles. The fraction of sp³-hybridized carbons (Fsp3) is 0.154. The number of H-pyrrole nitrogens is 1. The first-order valence-corrected chi connectivity index (χ1v) is 5.28. The maximum absolute atomic E-state index is 4.02. The maximum Gasteiger partial charge on any atom is 0.0653 e. The molecule has 0 aliphatic carbocycles. The minimum atomic E-state index is 0.879. The molecule has 2 heterocycles. The molecule has 1 radical (unpaired) electrons. The van der Waals surface area contributed by atoms with Crippen LogP contribution >= 0.6 is 0 Å². The maximum atomic E-state index is 4.02. The molecule has 79 valence electrons. The monoisotopic (exact) mass is 210 g/mol. The van der Waals surface area contributed by atoms with Gasteiger partial charge in [0.1, 0.15) is 0 Å². The van der Waals surface area contributed by atoms with Crippen molar-refractivity contribution in [2.75, 3.05) is 0 Å². The second-order valence-corrected chi connectivity index (χ2v) is 3.96. The Hall–Kier alpha value is -2.03. The summed E-state index contributed by atoms with van der Waals surface area (Å²) in [5.41, 5.74) is 3.51. The van der Waals surface area contributed by atoms with Crippen molar-refractivity contribution in [1.29, 1.82) is 0 Å². The molecule has 3 nitrogen and oxygen atoms in total. The first kappa shape index (κ1) is 9.21. The Kier molecular flexibility index (Phi) is 2.03. The molecule has 0 aliphatic rings. The molecule has 0 unspecified atom stereocenters. The summed E-state index contributed by atoms with van der Waals surface area (Å²) in [5, 5.41) is 8.16. The lowest BCUT2D eigenvalue weighted by molar-refractivity contribution is 0.776. The van der Waals surface area contributed by atoms with Gasteiger partial charge in [0.15, 0.2) is 0 Å². The topological polar surface area (TPSA) is 33.6 Å². The first-order valence-electron chi connectivity index (χ1n) is 5.28. The third-order valence-corrected chi connectivity index (χ3v) is 2.84. The Bertz CT molecular complexity index is 619. The largest absolute Gasteiger partial charge is 0.347 e. The van der Waals surface area contributed by atoms with Gasteiger partial charge in [0.25, 0.3) is 0 Å². The molecule has 0 fully saturated rings. The number of aromatic nitrogens is 3. The number of nitrogens with zero attached hydrogens (tertiary/aromatic N) is 2. The highest BCUT2D eigenvalue weighted by Crippen LogP contribution is 2.14. The molecule has 0 bridgehead atoms. The fourth-order valence-corrected chi connectivity index (χ4v) is 1.89. The number of hydrogen-bond donors (Lipinski definition) is 1. The van der Waals surface area contributed by atoms with E-state index in [0.717, 1.165) is 23.1 Å². The van der Waals surface area contributed by atoms with E-state index in [4.69, 9.17) is 0 Å². The summed E-state index contributed by atoms with van der Waals surface area (Å²) in [6.07, 6.45) is 3.89. The highest BCUT2D eigenvalue weighted by Gasteiger charge is 2.00. The molecule has 2 aromatic heterocycles. The number of rotatable bonds is 2. The molecular formula is C13H12N3. The third-order valence-electron chi connectivity index (χ3n) is 2.84. The van der Waals surface area contributed by atoms with Gasteiger partial charge in [-0.1, -0.05) is 12.1 Å². The summed E-state index contributed by atoms with van der Waals surface area (Å²) < 4.78 is 2.18. The van der Waals surface area contributed by atoms with E-state index in [1.54, 1.807) is 0 Å². The van der Waals surface area contributed by atoms with Crippen LogP contribution < -0.4 is 0 Å². The van der Waals surface area contributed by atoms with Gasteiger partial charge in [-0.2, -0.15) is 5.10 Å². The van der Waals surface area contributed by atoms with E-state index in [2.05, 4.69) is 46.0 Å². The summed E-state index contributed by atoms with van der Waals surface area (Å²) in [4.78, 5) is 0. The first-order chi connectivity index (χ1) is 7.83. The number of nitrogens with one attached hydrogen (secondary N) is 1. The Morgan fingerprint density at radius 1 is 1.44 bits per heavy atom. The summed E-state index contributed by atoms with van der Waals surface area (Å²) in [6, 6.07) is 11.5. The third kappa shape index (κ3) is 1.50. The van der Waals surface area contributed by atoms with E-state index in [-0.39, 0.29) is 0 Å². The van der Waals surface area contributed by atoms with Crippen LogP contribution in [0.15, 0.2) is 36.7 Å². The van der Waals surface area contributed by atoms with Gasteiger partial charge in [-0.05, 0) is 24.6 Å². The zero-order chi connectivity index (χ0) is 11.0. The SMILES string of the molecule is Cc1[c]ccn1Cc1ccc2cn[nH]c2c1. The lowest BCUT2D eigenvalue weighted by Gasteiger charge is -2.05. The summed E-state index contributed by atoms with van der Waals surface area (Å²) in [7, 11) is 0. The standard InChI is InChI=1S/C13H12N3/c1-10-3-2-6-16(10)9-11-4-5-12-8-14-15-13(12)7-11/h2,4-8H,9H2,1H3,(H,14,15). The van der Waals surface area contributed by atoms with Crippen LogP contribution in [0.1, 0.15) is 11.3 Å². The molecule has 3 heteroatoms. The lowest BCUT2D eigenvalue weighted by atomic mass is 10.1. The van der Waals surface area contributed by atoms with E-state index in [0.29, 0.717) is 0 Å². The van der Waals surface area contributed by atoms with Crippen LogP contribution in [-0.4, -0.2) is 14.8 Å². The summed E-state index contributed by atoms with van der Waals surface area (Å²) >= 11 is 0. The van der Waals surface area contributed by atoms with E-state index in [1.165, 1.54) is 5.56 Å². The minimum Gasteiger partial charge on any atom is -0.347 e. The molecule has 3 aromatic rings. The van der Waals surface area contributed by atoms with Gasteiger partial charge in [-0.25, -0.2) is 0 Å². The molecule has 0 atom stereocenters. The molecule has 1 N–H and O–H groups in total. The highest BCUT2D eigenvalue weighted by molar-refractivity contribution is 5.78. The number of aromatic amines is 1. The molecule has 3 rings (SSSR count). The van der Waals surface area contributed by atoms with Gasteiger partial charge in [0.05, 0.1) is 11.7 Å². The lowest BCUT2D eigenvalue weighted by Crippen LogP contribution is -1.99. The van der Waals surface area contributed by atoms with Crippen molar-refractivity contribution in [1.82, 2.24) is 14.8 Å². The van der Waals surface area contributed by atoms with Gasteiger partial charge >= 0.3 is 0 Å². The zero-order valence-corrected chi connectivity index (χ0v) is 9.07. The van der Waals surface area contributed by atoms with Crippen molar-refractivity contribution in [2.45, 2.75) is 13.5 Å². The molecular weight excluding hydrogens is 198 g/mol. The van der Waals surface area contributed by atoms with Crippen LogP contribution in [0, 0.1) is 13.0 Å². The number of benzene rings is 1. The average Bonchev–Trinajstić information content (AvgIpc) is 2.88. The van der Waals surface area contributed by atoms with Crippen LogP contribution in [0.5, 0.6) is 0 Å². The van der Waals surface area contributed by atoms with Crippen molar-refractivity contribution in [3.63, 3.8) is 0 Å². The predicted octanol–water partition coefficient (Wildman–Crippen LogP) is 2.52. The van der Waals surface area contributed by atoms with Gasteiger partial charge in [-0.15, -0.1) is 0 Å². The molecule has 16 heavy (non-hydrogen) atoms. The van der Waals surface area contributed by atoms with Gasteiger partial charge in [-0.3, -0.25) is 5.10 Å². The molecule has 0 spiro atoms. The Morgan fingerprint density at radius 3 is 3.19 bits per heavy atom. The van der Waals surface area contributed by atoms with Gasteiger partial charge in [0, 0.05) is 29.9 Å². The quantitative estimate of drug-likeness (QED) is 0.692. The highest BCUT2D eigenvalue weighted by atomic mass is 15.1. The normalized spacial score (nSPS) is 11.1. The van der Waals surface area contributed by atoms with Crippen molar-refractivity contribution < 1.29 is 0 Å². The van der Waals surface area contributed by atoms with Crippen molar-refractivity contribution in [3.8, 4) is 0 Å².